The second-order valence-corrected chi connectivity index (χ2v) is 6.55. The minimum absolute atomic E-state index is 0.000672. The molecule has 134 valence electrons. The van der Waals surface area contributed by atoms with E-state index in [1.807, 2.05) is 4.57 Å². The number of hydrogen-bond donors (Lipinski definition) is 2. The van der Waals surface area contributed by atoms with E-state index >= 15 is 0 Å². The Morgan fingerprint density at radius 3 is 2.76 bits per heavy atom. The van der Waals surface area contributed by atoms with Crippen LogP contribution in [0.4, 0.5) is 10.6 Å². The zero-order valence-corrected chi connectivity index (χ0v) is 14.0. The van der Waals surface area contributed by atoms with Crippen molar-refractivity contribution in [3.8, 4) is 0 Å². The number of piperidine rings is 1. The van der Waals surface area contributed by atoms with E-state index in [2.05, 4.69) is 25.2 Å². The largest absolute Gasteiger partial charge is 0.465 e. The number of aromatic nitrogens is 4. The fourth-order valence-corrected chi connectivity index (χ4v) is 3.64. The number of hydrogen-bond acceptors (Lipinski definition) is 6. The van der Waals surface area contributed by atoms with Gasteiger partial charge in [-0.2, -0.15) is 0 Å². The van der Waals surface area contributed by atoms with Crippen molar-refractivity contribution in [3.05, 3.63) is 12.7 Å². The van der Waals surface area contributed by atoms with Crippen LogP contribution in [0.3, 0.4) is 0 Å². The number of nitrogens with one attached hydrogen (secondary N) is 1. The smallest absolute Gasteiger partial charge is 0.404 e. The number of amides is 1. The lowest BCUT2D eigenvalue weighted by Crippen LogP contribution is -2.44. The van der Waals surface area contributed by atoms with E-state index in [-0.39, 0.29) is 12.3 Å². The molecule has 0 spiro atoms. The fraction of sp³-hybridized carbons (Fsp3) is 0.625. The first-order chi connectivity index (χ1) is 12.2. The van der Waals surface area contributed by atoms with E-state index in [1.165, 1.54) is 0 Å². The summed E-state index contributed by atoms with van der Waals surface area (Å²) in [6.07, 6.45) is 7.11. The maximum absolute atomic E-state index is 10.8. The highest BCUT2D eigenvalue weighted by molar-refractivity contribution is 5.83. The average Bonchev–Trinajstić information content (AvgIpc) is 3.07. The lowest BCUT2D eigenvalue weighted by Gasteiger charge is -2.32. The molecule has 9 heteroatoms. The fourth-order valence-electron chi connectivity index (χ4n) is 3.64. The summed E-state index contributed by atoms with van der Waals surface area (Å²) >= 11 is 0. The minimum atomic E-state index is -0.964. The van der Waals surface area contributed by atoms with Gasteiger partial charge in [-0.15, -0.1) is 0 Å². The monoisotopic (exact) mass is 346 g/mol. The number of ether oxygens (including phenoxy) is 1. The number of anilines is 1. The van der Waals surface area contributed by atoms with E-state index in [0.29, 0.717) is 0 Å². The molecule has 2 aromatic rings. The van der Waals surface area contributed by atoms with E-state index in [0.717, 1.165) is 68.8 Å². The molecule has 0 saturated carbocycles. The van der Waals surface area contributed by atoms with Crippen molar-refractivity contribution in [3.63, 3.8) is 0 Å². The third-order valence-corrected chi connectivity index (χ3v) is 4.93. The molecule has 2 fully saturated rings. The van der Waals surface area contributed by atoms with Gasteiger partial charge in [-0.1, -0.05) is 0 Å². The quantitative estimate of drug-likeness (QED) is 0.872. The van der Waals surface area contributed by atoms with Gasteiger partial charge in [-0.3, -0.25) is 4.57 Å². The summed E-state index contributed by atoms with van der Waals surface area (Å²) in [5, 5.41) is 11.4. The Kier molecular flexibility index (Phi) is 4.39. The molecule has 2 N–H and O–H groups in total. The first kappa shape index (κ1) is 16.1. The molecule has 1 atom stereocenters. The third kappa shape index (κ3) is 3.23. The zero-order chi connectivity index (χ0) is 17.2. The van der Waals surface area contributed by atoms with Crippen LogP contribution in [0.2, 0.25) is 0 Å². The molecule has 0 radical (unpaired) electrons. The highest BCUT2D eigenvalue weighted by atomic mass is 16.5. The zero-order valence-electron chi connectivity index (χ0n) is 14.0. The van der Waals surface area contributed by atoms with Crippen molar-refractivity contribution < 1.29 is 14.6 Å². The number of nitrogens with zero attached hydrogens (tertiary/aromatic N) is 5. The summed E-state index contributed by atoms with van der Waals surface area (Å²) in [6, 6.07) is -0.000672. The van der Waals surface area contributed by atoms with Crippen molar-refractivity contribution in [1.29, 1.82) is 0 Å². The normalized spacial score (nSPS) is 22.2. The van der Waals surface area contributed by atoms with Crippen LogP contribution in [0.25, 0.3) is 11.2 Å². The molecule has 2 aromatic heterocycles. The minimum Gasteiger partial charge on any atom is -0.465 e. The van der Waals surface area contributed by atoms with Crippen LogP contribution in [0, 0.1) is 0 Å². The highest BCUT2D eigenvalue weighted by Gasteiger charge is 2.25. The van der Waals surface area contributed by atoms with Gasteiger partial charge in [-0.05, 0) is 32.1 Å². The second-order valence-electron chi connectivity index (χ2n) is 6.55. The molecular formula is C16H22N6O3. The van der Waals surface area contributed by atoms with Crippen molar-refractivity contribution >= 4 is 23.1 Å². The first-order valence-electron chi connectivity index (χ1n) is 8.76. The number of imidazole rings is 1. The first-order valence-corrected chi connectivity index (χ1v) is 8.76. The van der Waals surface area contributed by atoms with Crippen molar-refractivity contribution in [1.82, 2.24) is 24.8 Å². The third-order valence-electron chi connectivity index (χ3n) is 4.93. The summed E-state index contributed by atoms with van der Waals surface area (Å²) in [5.74, 6) is 0.813. The van der Waals surface area contributed by atoms with E-state index in [1.54, 1.807) is 12.7 Å². The van der Waals surface area contributed by atoms with E-state index in [9.17, 15) is 4.79 Å². The molecule has 4 rings (SSSR count). The van der Waals surface area contributed by atoms with Crippen LogP contribution in [0.15, 0.2) is 12.7 Å². The van der Waals surface area contributed by atoms with Crippen LogP contribution in [-0.2, 0) is 4.74 Å². The maximum atomic E-state index is 10.8. The Morgan fingerprint density at radius 2 is 2.04 bits per heavy atom. The van der Waals surface area contributed by atoms with Gasteiger partial charge < -0.3 is 20.1 Å². The standard InChI is InChI=1S/C16H22N6O3/c23-16(24)20-11-4-6-21(7-5-11)14-13-15(18-9-17-14)22(10-19-13)12-3-1-2-8-25-12/h9-12,20H,1-8H2,(H,23,24). The van der Waals surface area contributed by atoms with Gasteiger partial charge in [0.05, 0.1) is 6.33 Å². The van der Waals surface area contributed by atoms with Gasteiger partial charge in [0.25, 0.3) is 0 Å². The Labute approximate surface area is 145 Å². The molecule has 2 aliphatic rings. The van der Waals surface area contributed by atoms with E-state index < -0.39 is 6.09 Å². The van der Waals surface area contributed by atoms with Crippen LogP contribution in [-0.4, -0.2) is 56.5 Å². The molecule has 2 saturated heterocycles. The SMILES string of the molecule is O=C(O)NC1CCN(c2ncnc3c2ncn3C2CCCCO2)CC1. The summed E-state index contributed by atoms with van der Waals surface area (Å²) < 4.78 is 7.85. The summed E-state index contributed by atoms with van der Waals surface area (Å²) in [4.78, 5) is 26.3. The molecule has 25 heavy (non-hydrogen) atoms. The molecular weight excluding hydrogens is 324 g/mol. The van der Waals surface area contributed by atoms with Crippen LogP contribution < -0.4 is 10.2 Å². The Hall–Kier alpha value is -2.42. The van der Waals surface area contributed by atoms with Crippen molar-refractivity contribution in [2.24, 2.45) is 0 Å². The van der Waals surface area contributed by atoms with Gasteiger partial charge >= 0.3 is 6.09 Å². The molecule has 0 aliphatic carbocycles. The molecule has 0 bridgehead atoms. The number of rotatable bonds is 3. The lowest BCUT2D eigenvalue weighted by molar-refractivity contribution is -0.0298. The number of carbonyl (C=O) groups is 1. The summed E-state index contributed by atoms with van der Waals surface area (Å²) in [5.41, 5.74) is 1.57. The van der Waals surface area contributed by atoms with Crippen LogP contribution in [0.5, 0.6) is 0 Å². The predicted molar refractivity (Wildman–Crippen MR) is 90.6 cm³/mol. The number of carboxylic acid groups (broad SMARTS) is 1. The van der Waals surface area contributed by atoms with Gasteiger partial charge in [-0.25, -0.2) is 19.7 Å². The summed E-state index contributed by atoms with van der Waals surface area (Å²) in [7, 11) is 0. The molecule has 9 nitrogen and oxygen atoms in total. The average molecular weight is 346 g/mol. The molecule has 0 aromatic carbocycles. The van der Waals surface area contributed by atoms with Gasteiger partial charge in [0.15, 0.2) is 17.0 Å². The Balaban J connectivity index is 1.55. The predicted octanol–water partition coefficient (Wildman–Crippen LogP) is 1.76. The summed E-state index contributed by atoms with van der Waals surface area (Å²) in [6.45, 7) is 2.25. The van der Waals surface area contributed by atoms with Crippen molar-refractivity contribution in [2.45, 2.75) is 44.4 Å². The van der Waals surface area contributed by atoms with E-state index in [4.69, 9.17) is 9.84 Å². The van der Waals surface area contributed by atoms with Crippen molar-refractivity contribution in [2.75, 3.05) is 24.6 Å². The van der Waals surface area contributed by atoms with Gasteiger partial charge in [0.2, 0.25) is 0 Å². The maximum Gasteiger partial charge on any atom is 0.404 e. The van der Waals surface area contributed by atoms with Gasteiger partial charge in [0, 0.05) is 25.7 Å². The molecule has 1 amide bonds. The van der Waals surface area contributed by atoms with Crippen LogP contribution in [0.1, 0.15) is 38.3 Å². The lowest BCUT2D eigenvalue weighted by atomic mass is 10.1. The Morgan fingerprint density at radius 1 is 1.20 bits per heavy atom. The topological polar surface area (TPSA) is 105 Å². The van der Waals surface area contributed by atoms with Crippen LogP contribution >= 0.6 is 0 Å². The molecule has 1 unspecified atom stereocenters. The second kappa shape index (κ2) is 6.83. The molecule has 2 aliphatic heterocycles. The number of fused-ring (bicyclic) bond motifs is 1. The Bertz CT molecular complexity index is 749. The highest BCUT2D eigenvalue weighted by Crippen LogP contribution is 2.29. The molecule has 4 heterocycles. The van der Waals surface area contributed by atoms with Gasteiger partial charge in [0.1, 0.15) is 12.6 Å².